The predicted octanol–water partition coefficient (Wildman–Crippen LogP) is 1.65. The van der Waals surface area contributed by atoms with Gasteiger partial charge in [0.1, 0.15) is 0 Å². The van der Waals surface area contributed by atoms with E-state index < -0.39 is 8.07 Å². The summed E-state index contributed by atoms with van der Waals surface area (Å²) in [6.45, 7) is 23.9. The molecular formula is C54H57Cl3SiTi. The molecule has 0 saturated carbocycles. The molecule has 302 valence electrons. The van der Waals surface area contributed by atoms with E-state index in [1.54, 1.807) is 5.19 Å². The fourth-order valence-corrected chi connectivity index (χ4v) is 16.3. The largest absolute Gasteiger partial charge is 4.00 e. The van der Waals surface area contributed by atoms with Crippen LogP contribution in [0.1, 0.15) is 89.0 Å². The van der Waals surface area contributed by atoms with Gasteiger partial charge in [0.2, 0.25) is 0 Å². The molecule has 0 unspecified atom stereocenters. The number of benzene rings is 6. The van der Waals surface area contributed by atoms with E-state index in [4.69, 9.17) is 0 Å². The minimum Gasteiger partial charge on any atom is -1.00 e. The van der Waals surface area contributed by atoms with Crippen molar-refractivity contribution in [3.05, 3.63) is 216 Å². The Morgan fingerprint density at radius 1 is 0.390 bits per heavy atom. The normalized spacial score (nSPS) is 10.9. The van der Waals surface area contributed by atoms with Crippen LogP contribution in [-0.4, -0.2) is 8.07 Å². The van der Waals surface area contributed by atoms with E-state index >= 15 is 0 Å². The predicted molar refractivity (Wildman–Crippen MR) is 241 cm³/mol. The molecule has 5 heteroatoms. The molecule has 0 fully saturated rings. The summed E-state index contributed by atoms with van der Waals surface area (Å²) in [5, 5.41) is 6.19. The fraction of sp³-hybridized carbons (Fsp3) is 0.241. The van der Waals surface area contributed by atoms with Crippen LogP contribution in [0, 0.1) is 69.2 Å². The Kier molecular flexibility index (Phi) is 17.6. The maximum atomic E-state index is 2.60. The van der Waals surface area contributed by atoms with E-state index in [1.807, 2.05) is 0 Å². The maximum Gasteiger partial charge on any atom is 4.00 e. The van der Waals surface area contributed by atoms with Crippen molar-refractivity contribution in [2.45, 2.75) is 88.5 Å². The molecule has 0 atom stereocenters. The zero-order valence-corrected chi connectivity index (χ0v) is 41.2. The number of aryl methyl sites for hydroxylation is 3. The first-order valence-electron chi connectivity index (χ1n) is 20.1. The molecule has 0 spiro atoms. The fourth-order valence-electron chi connectivity index (χ4n) is 9.59. The molecule has 0 bridgehead atoms. The first-order valence-corrected chi connectivity index (χ1v) is 22.1. The van der Waals surface area contributed by atoms with Crippen molar-refractivity contribution in [1.82, 2.24) is 0 Å². The van der Waals surface area contributed by atoms with Crippen LogP contribution in [0.25, 0.3) is 0 Å². The molecule has 0 N–H and O–H groups in total. The molecule has 0 saturated heterocycles. The minimum atomic E-state index is -3.07. The maximum absolute atomic E-state index is 3.07. The van der Waals surface area contributed by atoms with E-state index in [1.165, 1.54) is 105 Å². The third kappa shape index (κ3) is 9.68. The summed E-state index contributed by atoms with van der Waals surface area (Å²) in [6.07, 6.45) is 2.75. The smallest absolute Gasteiger partial charge is 1.00 e. The molecule has 0 radical (unpaired) electrons. The summed E-state index contributed by atoms with van der Waals surface area (Å²) in [6, 6.07) is 48.3. The van der Waals surface area contributed by atoms with E-state index in [0.717, 1.165) is 19.3 Å². The average Bonchev–Trinajstić information content (AvgIpc) is 3.36. The zero-order chi connectivity index (χ0) is 39.0. The topological polar surface area (TPSA) is 0 Å². The molecule has 0 aliphatic rings. The van der Waals surface area contributed by atoms with Crippen molar-refractivity contribution in [1.29, 1.82) is 0 Å². The Bertz CT molecular complexity index is 2240. The van der Waals surface area contributed by atoms with Crippen LogP contribution < -0.4 is 58.0 Å². The van der Waals surface area contributed by atoms with Crippen molar-refractivity contribution in [2.24, 2.45) is 0 Å². The number of hydrogen-bond donors (Lipinski definition) is 0. The second kappa shape index (κ2) is 20.8. The van der Waals surface area contributed by atoms with Gasteiger partial charge >= 0.3 is 21.7 Å². The molecule has 0 nitrogen and oxygen atoms in total. The van der Waals surface area contributed by atoms with E-state index in [2.05, 4.69) is 197 Å². The second-order valence-electron chi connectivity index (χ2n) is 16.4. The molecule has 0 aliphatic carbocycles. The Labute approximate surface area is 389 Å². The standard InChI is InChI=1S/C54H57Si.3ClH.Ti/c1-35-26-48(32-45-20-14-11-15-21-45)42(8)51(29-35)55(54-40(6)38(4)39(5)41(54)7,52-30-36(2)27-49(43(52)9)33-46-22-16-12-17-23-46)53-31-37(3)28-50(44(53)10)34-47-24-18-13-19-25-47;;;;/h11-31H,32-34H2,1-10H3;3*1H;/q-1;;;;+4/p-3. The van der Waals surface area contributed by atoms with Crippen molar-refractivity contribution in [2.75, 3.05) is 0 Å². The van der Waals surface area contributed by atoms with Gasteiger partial charge in [-0.2, -0.15) is 27.4 Å². The van der Waals surface area contributed by atoms with Gasteiger partial charge in [0.15, 0.2) is 8.07 Å². The van der Waals surface area contributed by atoms with E-state index in [9.17, 15) is 0 Å². The van der Waals surface area contributed by atoms with Crippen LogP contribution in [0.15, 0.2) is 127 Å². The number of rotatable bonds is 10. The van der Waals surface area contributed by atoms with Crippen LogP contribution in [0.2, 0.25) is 0 Å². The van der Waals surface area contributed by atoms with Gasteiger partial charge in [0.25, 0.3) is 0 Å². The molecule has 0 aliphatic heterocycles. The van der Waals surface area contributed by atoms with Gasteiger partial charge in [-0.3, -0.25) is 0 Å². The van der Waals surface area contributed by atoms with Gasteiger partial charge in [-0.25, -0.2) is 0 Å². The van der Waals surface area contributed by atoms with Gasteiger partial charge in [-0.1, -0.05) is 172 Å². The molecule has 0 amide bonds. The van der Waals surface area contributed by atoms with Crippen LogP contribution in [0.5, 0.6) is 0 Å². The van der Waals surface area contributed by atoms with Gasteiger partial charge in [-0.15, -0.1) is 0 Å². The van der Waals surface area contributed by atoms with Crippen LogP contribution in [-0.2, 0) is 41.0 Å². The van der Waals surface area contributed by atoms with Crippen LogP contribution >= 0.6 is 0 Å². The van der Waals surface area contributed by atoms with Gasteiger partial charge in [0.05, 0.1) is 0 Å². The van der Waals surface area contributed by atoms with Crippen molar-refractivity contribution in [3.8, 4) is 0 Å². The summed E-state index contributed by atoms with van der Waals surface area (Å²) >= 11 is 0. The van der Waals surface area contributed by atoms with Crippen molar-refractivity contribution in [3.63, 3.8) is 0 Å². The summed E-state index contributed by atoms with van der Waals surface area (Å²) in [4.78, 5) is 0. The third-order valence-electron chi connectivity index (χ3n) is 12.7. The number of hydrogen-bond acceptors (Lipinski definition) is 0. The van der Waals surface area contributed by atoms with Crippen molar-refractivity contribution < 1.29 is 58.9 Å². The summed E-state index contributed by atoms with van der Waals surface area (Å²) in [5.74, 6) is 0. The molecule has 7 aromatic carbocycles. The van der Waals surface area contributed by atoms with E-state index in [0.29, 0.717) is 0 Å². The van der Waals surface area contributed by atoms with Crippen molar-refractivity contribution >= 4 is 28.8 Å². The number of halogens is 3. The monoisotopic (exact) mass is 886 g/mol. The summed E-state index contributed by atoms with van der Waals surface area (Å²) < 4.78 is 0. The molecule has 7 aromatic rings. The molecular weight excluding hydrogens is 831 g/mol. The first kappa shape index (κ1) is 49.8. The quantitative estimate of drug-likeness (QED) is 0.112. The molecule has 0 aromatic heterocycles. The zero-order valence-electron chi connectivity index (χ0n) is 36.4. The SMILES string of the molecule is Cc1cc(Cc2ccccc2)c(C)c([Si](c2cc(C)cc(Cc3ccccc3)c2C)(c2cc(C)cc(Cc3ccccc3)c2C)c2c(C)c(C)c(C)[c-]2C)c1.[Cl-].[Cl-].[Cl-].[Ti+4]. The van der Waals surface area contributed by atoms with Crippen LogP contribution in [0.4, 0.5) is 0 Å². The van der Waals surface area contributed by atoms with Gasteiger partial charge < -0.3 is 37.2 Å². The third-order valence-corrected chi connectivity index (χ3v) is 18.2. The second-order valence-corrected chi connectivity index (χ2v) is 20.0. The Hall–Kier alpha value is -3.53. The molecule has 7 rings (SSSR count). The van der Waals surface area contributed by atoms with Crippen LogP contribution in [0.3, 0.4) is 0 Å². The minimum absolute atomic E-state index is 0. The summed E-state index contributed by atoms with van der Waals surface area (Å²) in [5.41, 5.74) is 22.5. The Balaban J connectivity index is 0.00000233. The first-order chi connectivity index (χ1) is 26.4. The van der Waals surface area contributed by atoms with Gasteiger partial charge in [-0.05, 0) is 126 Å². The average molecular weight is 888 g/mol. The van der Waals surface area contributed by atoms with Gasteiger partial charge in [0, 0.05) is 0 Å². The molecule has 0 heterocycles. The Morgan fingerprint density at radius 2 is 0.678 bits per heavy atom. The van der Waals surface area contributed by atoms with E-state index in [-0.39, 0.29) is 58.9 Å². The Morgan fingerprint density at radius 3 is 0.932 bits per heavy atom. The summed E-state index contributed by atoms with van der Waals surface area (Å²) in [7, 11) is -3.07. The molecule has 59 heavy (non-hydrogen) atoms.